The van der Waals surface area contributed by atoms with E-state index in [1.165, 1.54) is 37.2 Å². The summed E-state index contributed by atoms with van der Waals surface area (Å²) in [5.41, 5.74) is 4.13. The second-order valence-corrected chi connectivity index (χ2v) is 9.82. The summed E-state index contributed by atoms with van der Waals surface area (Å²) in [6.45, 7) is 7.35. The lowest BCUT2D eigenvalue weighted by Gasteiger charge is -2.17. The fraction of sp³-hybridized carbons (Fsp3) is 0.583. The molecule has 1 aromatic carbocycles. The van der Waals surface area contributed by atoms with E-state index in [2.05, 4.69) is 34.5 Å². The van der Waals surface area contributed by atoms with Crippen molar-refractivity contribution in [3.05, 3.63) is 45.7 Å². The van der Waals surface area contributed by atoms with E-state index < -0.39 is 17.6 Å². The van der Waals surface area contributed by atoms with Gasteiger partial charge in [-0.15, -0.1) is 11.3 Å². The molecule has 1 aromatic heterocycles. The van der Waals surface area contributed by atoms with Gasteiger partial charge in [0.1, 0.15) is 10.8 Å². The topological polar surface area (TPSA) is 95.3 Å². The number of thiazole rings is 1. The van der Waals surface area contributed by atoms with Crippen molar-refractivity contribution in [2.24, 2.45) is 5.73 Å². The molecule has 2 atom stereocenters. The van der Waals surface area contributed by atoms with Crippen LogP contribution in [0.3, 0.4) is 0 Å². The zero-order chi connectivity index (χ0) is 26.6. The van der Waals surface area contributed by atoms with Crippen LogP contribution >= 0.6 is 11.3 Å². The predicted octanol–water partition coefficient (Wildman–Crippen LogP) is 4.13. The first-order chi connectivity index (χ1) is 17.2. The van der Waals surface area contributed by atoms with E-state index in [0.717, 1.165) is 30.6 Å². The van der Waals surface area contributed by atoms with Crippen molar-refractivity contribution in [2.75, 3.05) is 38.5 Å². The van der Waals surface area contributed by atoms with Crippen molar-refractivity contribution in [2.45, 2.75) is 57.4 Å². The van der Waals surface area contributed by atoms with Gasteiger partial charge in [0.2, 0.25) is 6.41 Å². The molecule has 7 nitrogen and oxygen atoms in total. The van der Waals surface area contributed by atoms with Crippen LogP contribution in [0.1, 0.15) is 54.1 Å². The van der Waals surface area contributed by atoms with Gasteiger partial charge in [-0.1, -0.05) is 13.3 Å². The standard InChI is InChI=1S/C16H31N5S.C8H5F4NO/c1-3-4-7-21(2)8-5-6-18-13-9-14(19-11-13)15-12-20-16(10-17)22-15;9-7-2-1-5(13-4-14)3-6(7)8(10,11)12/h12-14,18-19H,3-11,17H2,1-2H3;1-4H,(H,13,14)/t13?,14-;/m0./s1. The lowest BCUT2D eigenvalue weighted by atomic mass is 10.1. The van der Waals surface area contributed by atoms with E-state index >= 15 is 0 Å². The molecule has 12 heteroatoms. The Kier molecular flexibility index (Phi) is 12.7. The summed E-state index contributed by atoms with van der Waals surface area (Å²) in [6, 6.07) is 3.24. The van der Waals surface area contributed by atoms with E-state index in [4.69, 9.17) is 5.73 Å². The number of amides is 1. The van der Waals surface area contributed by atoms with Crippen LogP contribution in [-0.2, 0) is 17.5 Å². The first kappa shape index (κ1) is 30.1. The highest BCUT2D eigenvalue weighted by Gasteiger charge is 2.34. The molecule has 0 radical (unpaired) electrons. The summed E-state index contributed by atoms with van der Waals surface area (Å²) in [5, 5.41) is 10.3. The average molecular weight is 533 g/mol. The van der Waals surface area contributed by atoms with Crippen molar-refractivity contribution in [3.63, 3.8) is 0 Å². The van der Waals surface area contributed by atoms with E-state index in [-0.39, 0.29) is 12.1 Å². The Bertz CT molecular complexity index is 926. The minimum Gasteiger partial charge on any atom is -0.329 e. The highest BCUT2D eigenvalue weighted by Crippen LogP contribution is 2.33. The molecule has 2 aromatic rings. The zero-order valence-corrected chi connectivity index (χ0v) is 21.5. The summed E-state index contributed by atoms with van der Waals surface area (Å²) < 4.78 is 49.0. The maximum Gasteiger partial charge on any atom is 0.419 e. The highest BCUT2D eigenvalue weighted by atomic mass is 32.1. The van der Waals surface area contributed by atoms with Crippen LogP contribution in [-0.4, -0.2) is 55.6 Å². The third-order valence-corrected chi connectivity index (χ3v) is 6.89. The number of aromatic nitrogens is 1. The van der Waals surface area contributed by atoms with Gasteiger partial charge in [0.05, 0.1) is 5.56 Å². The molecule has 1 aliphatic heterocycles. The SMILES string of the molecule is CCCCN(C)CCCNC1CN[C@H](c2cnc(CN)s2)C1.O=CNc1ccc(F)c(C(F)(F)F)c1. The Hall–Kier alpha value is -2.12. The number of nitrogens with two attached hydrogens (primary N) is 1. The fourth-order valence-electron chi connectivity index (χ4n) is 3.78. The maximum atomic E-state index is 12.7. The number of anilines is 1. The summed E-state index contributed by atoms with van der Waals surface area (Å²) in [4.78, 5) is 18.0. The Morgan fingerprint density at radius 2 is 2.06 bits per heavy atom. The number of halogens is 4. The highest BCUT2D eigenvalue weighted by molar-refractivity contribution is 7.11. The van der Waals surface area contributed by atoms with E-state index in [0.29, 0.717) is 30.8 Å². The molecular formula is C24H36F4N6OS. The Balaban J connectivity index is 0.000000281. The van der Waals surface area contributed by atoms with Gasteiger partial charge >= 0.3 is 6.18 Å². The number of carbonyl (C=O) groups excluding carboxylic acids is 1. The lowest BCUT2D eigenvalue weighted by molar-refractivity contribution is -0.140. The summed E-state index contributed by atoms with van der Waals surface area (Å²) in [6.07, 6.45) is 2.39. The van der Waals surface area contributed by atoms with E-state index in [1.807, 2.05) is 11.5 Å². The normalized spacial score (nSPS) is 17.7. The van der Waals surface area contributed by atoms with Gasteiger partial charge in [0.15, 0.2) is 0 Å². The second kappa shape index (κ2) is 15.2. The van der Waals surface area contributed by atoms with Crippen LogP contribution in [0.25, 0.3) is 0 Å². The average Bonchev–Trinajstić information content (AvgIpc) is 3.51. The van der Waals surface area contributed by atoms with Crippen LogP contribution < -0.4 is 21.7 Å². The van der Waals surface area contributed by atoms with Crippen LogP contribution in [0, 0.1) is 5.82 Å². The molecule has 0 saturated carbocycles. The molecule has 0 aliphatic carbocycles. The number of hydrogen-bond donors (Lipinski definition) is 4. The number of carbonyl (C=O) groups is 1. The van der Waals surface area contributed by atoms with Gasteiger partial charge in [-0.2, -0.15) is 13.2 Å². The Morgan fingerprint density at radius 3 is 2.69 bits per heavy atom. The third-order valence-electron chi connectivity index (χ3n) is 5.76. The van der Waals surface area contributed by atoms with Crippen LogP contribution in [0.15, 0.2) is 24.4 Å². The van der Waals surface area contributed by atoms with E-state index in [9.17, 15) is 22.4 Å². The van der Waals surface area contributed by atoms with Gasteiger partial charge in [-0.05, 0) is 64.1 Å². The van der Waals surface area contributed by atoms with Crippen molar-refractivity contribution in [1.82, 2.24) is 20.5 Å². The summed E-state index contributed by atoms with van der Waals surface area (Å²) in [7, 11) is 2.22. The van der Waals surface area contributed by atoms with Crippen molar-refractivity contribution >= 4 is 23.4 Å². The minimum absolute atomic E-state index is 0.103. The van der Waals surface area contributed by atoms with Crippen molar-refractivity contribution < 1.29 is 22.4 Å². The molecule has 1 aliphatic rings. The Morgan fingerprint density at radius 1 is 1.31 bits per heavy atom. The van der Waals surface area contributed by atoms with Gasteiger partial charge in [0.25, 0.3) is 0 Å². The number of rotatable bonds is 12. The van der Waals surface area contributed by atoms with Gasteiger partial charge in [-0.3, -0.25) is 4.79 Å². The molecule has 202 valence electrons. The summed E-state index contributed by atoms with van der Waals surface area (Å²) >= 11 is 1.74. The summed E-state index contributed by atoms with van der Waals surface area (Å²) in [5.74, 6) is -1.37. The lowest BCUT2D eigenvalue weighted by Crippen LogP contribution is -2.33. The number of unbranched alkanes of at least 4 members (excludes halogenated alkanes) is 1. The van der Waals surface area contributed by atoms with Crippen LogP contribution in [0.5, 0.6) is 0 Å². The predicted molar refractivity (Wildman–Crippen MR) is 135 cm³/mol. The number of alkyl halides is 3. The van der Waals surface area contributed by atoms with Crippen LogP contribution in [0.2, 0.25) is 0 Å². The molecule has 1 unspecified atom stereocenters. The monoisotopic (exact) mass is 532 g/mol. The minimum atomic E-state index is -4.76. The molecule has 3 rings (SSSR count). The zero-order valence-electron chi connectivity index (χ0n) is 20.7. The van der Waals surface area contributed by atoms with Crippen molar-refractivity contribution in [3.8, 4) is 0 Å². The molecule has 1 fully saturated rings. The molecule has 1 saturated heterocycles. The first-order valence-corrected chi connectivity index (χ1v) is 12.9. The fourth-order valence-corrected chi connectivity index (χ4v) is 4.67. The van der Waals surface area contributed by atoms with Crippen LogP contribution in [0.4, 0.5) is 23.2 Å². The van der Waals surface area contributed by atoms with Gasteiger partial charge in [-0.25, -0.2) is 9.37 Å². The number of nitrogens with one attached hydrogen (secondary N) is 3. The molecule has 1 amide bonds. The molecule has 0 spiro atoms. The largest absolute Gasteiger partial charge is 0.419 e. The number of nitrogens with zero attached hydrogens (tertiary/aromatic N) is 2. The first-order valence-electron chi connectivity index (χ1n) is 12.0. The van der Waals surface area contributed by atoms with Gasteiger partial charge in [0, 0.05) is 41.9 Å². The van der Waals surface area contributed by atoms with E-state index in [1.54, 1.807) is 11.3 Å². The second-order valence-electron chi connectivity index (χ2n) is 8.67. The molecule has 5 N–H and O–H groups in total. The maximum absolute atomic E-state index is 12.7. The quantitative estimate of drug-likeness (QED) is 0.187. The Labute approximate surface area is 213 Å². The molecule has 0 bridgehead atoms. The molecular weight excluding hydrogens is 496 g/mol. The number of hydrogen-bond acceptors (Lipinski definition) is 7. The molecule has 36 heavy (non-hydrogen) atoms. The van der Waals surface area contributed by atoms with Gasteiger partial charge < -0.3 is 26.6 Å². The number of benzene rings is 1. The third kappa shape index (κ3) is 10.1. The molecule has 2 heterocycles. The van der Waals surface area contributed by atoms with Crippen molar-refractivity contribution in [1.29, 1.82) is 0 Å². The smallest absolute Gasteiger partial charge is 0.329 e.